The van der Waals surface area contributed by atoms with Crippen molar-refractivity contribution < 1.29 is 4.21 Å². The predicted octanol–water partition coefficient (Wildman–Crippen LogP) is 2.77. The van der Waals surface area contributed by atoms with Crippen LogP contribution in [0.2, 0.25) is 0 Å². The lowest BCUT2D eigenvalue weighted by Gasteiger charge is -2.23. The molecule has 2 heterocycles. The van der Waals surface area contributed by atoms with Crippen molar-refractivity contribution in [2.75, 3.05) is 11.9 Å². The summed E-state index contributed by atoms with van der Waals surface area (Å²) in [5, 5.41) is 6.66. The Hall–Kier alpha value is -2.32. The van der Waals surface area contributed by atoms with Crippen LogP contribution in [0.1, 0.15) is 12.0 Å². The number of rotatable bonds is 4. The van der Waals surface area contributed by atoms with Gasteiger partial charge in [0.15, 0.2) is 11.7 Å². The molecule has 0 aromatic heterocycles. The molecule has 0 aliphatic carbocycles. The number of fused-ring (bicyclic) bond motifs is 2. The first-order valence-electron chi connectivity index (χ1n) is 7.95. The number of nitrogens with one attached hydrogen (secondary N) is 2. The van der Waals surface area contributed by atoms with Gasteiger partial charge in [-0.1, -0.05) is 36.0 Å². The van der Waals surface area contributed by atoms with Gasteiger partial charge in [-0.3, -0.25) is 0 Å². The predicted molar refractivity (Wildman–Crippen MR) is 104 cm³/mol. The van der Waals surface area contributed by atoms with Crippen molar-refractivity contribution in [1.82, 2.24) is 5.32 Å². The molecule has 2 aliphatic heterocycles. The first-order chi connectivity index (χ1) is 12.2. The van der Waals surface area contributed by atoms with Crippen molar-refractivity contribution >= 4 is 46.0 Å². The van der Waals surface area contributed by atoms with Gasteiger partial charge in [-0.25, -0.2) is 4.21 Å². The van der Waals surface area contributed by atoms with Gasteiger partial charge in [0, 0.05) is 16.3 Å². The molecule has 6 nitrogen and oxygen atoms in total. The van der Waals surface area contributed by atoms with Crippen LogP contribution in [0, 0.1) is 0 Å². The Balaban J connectivity index is 1.41. The minimum absolute atomic E-state index is 0.213. The Morgan fingerprint density at radius 1 is 1.12 bits per heavy atom. The monoisotopic (exact) mass is 371 g/mol. The van der Waals surface area contributed by atoms with E-state index in [0.29, 0.717) is 12.4 Å². The number of hydrogen-bond donors (Lipinski definition) is 3. The average Bonchev–Trinajstić information content (AvgIpc) is 2.94. The van der Waals surface area contributed by atoms with E-state index in [2.05, 4.69) is 55.8 Å². The molecule has 0 saturated carbocycles. The van der Waals surface area contributed by atoms with Crippen LogP contribution in [-0.2, 0) is 17.6 Å². The van der Waals surface area contributed by atoms with Gasteiger partial charge in [0.05, 0.1) is 11.4 Å². The molecule has 2 aromatic carbocycles. The maximum atomic E-state index is 11.2. The third-order valence-electron chi connectivity index (χ3n) is 3.98. The standard InChI is InChI=1S/C17H17N5OS2/c18-16-17(22-25(23)21-16)19-10-4-6-11-5-3-9-14-15(11)20-12-7-1-2-8-13(12)24-14/h1-3,5,7-9,20H,4,6,10H2,(H2,18,21)(H,19,22). The van der Waals surface area contributed by atoms with Gasteiger partial charge in [0.1, 0.15) is 0 Å². The third kappa shape index (κ3) is 3.40. The molecule has 25 heavy (non-hydrogen) atoms. The summed E-state index contributed by atoms with van der Waals surface area (Å²) in [5.41, 5.74) is 9.26. The molecule has 8 heteroatoms. The van der Waals surface area contributed by atoms with E-state index in [4.69, 9.17) is 5.73 Å². The molecule has 0 radical (unpaired) electrons. The van der Waals surface area contributed by atoms with E-state index in [-0.39, 0.29) is 5.84 Å². The maximum absolute atomic E-state index is 11.2. The zero-order valence-corrected chi connectivity index (χ0v) is 15.0. The highest BCUT2D eigenvalue weighted by molar-refractivity contribution is 7.99. The Kier molecular flexibility index (Phi) is 4.46. The molecule has 0 fully saturated rings. The summed E-state index contributed by atoms with van der Waals surface area (Å²) in [6.07, 6.45) is 1.82. The summed E-state index contributed by atoms with van der Waals surface area (Å²) >= 11 is 0.222. The number of benzene rings is 2. The third-order valence-corrected chi connectivity index (χ3v) is 5.81. The number of nitrogens with zero attached hydrogens (tertiary/aromatic N) is 2. The Bertz CT molecular complexity index is 910. The molecular formula is C17H17N5OS2. The number of para-hydroxylation sites is 2. The molecule has 4 rings (SSSR count). The fourth-order valence-corrected chi connectivity index (χ4v) is 4.46. The van der Waals surface area contributed by atoms with Crippen LogP contribution < -0.4 is 16.4 Å². The summed E-state index contributed by atoms with van der Waals surface area (Å²) in [5.74, 6) is 0.640. The number of hydrogen-bond acceptors (Lipinski definition) is 5. The summed E-state index contributed by atoms with van der Waals surface area (Å²) in [4.78, 5) is 2.49. The summed E-state index contributed by atoms with van der Waals surface area (Å²) in [7, 11) is 0. The van der Waals surface area contributed by atoms with Crippen LogP contribution in [0.3, 0.4) is 0 Å². The molecule has 2 aliphatic rings. The van der Waals surface area contributed by atoms with Crippen molar-refractivity contribution in [3.05, 3.63) is 48.0 Å². The summed E-state index contributed by atoms with van der Waals surface area (Å²) in [6.45, 7) is 0.694. The summed E-state index contributed by atoms with van der Waals surface area (Å²) < 4.78 is 18.7. The molecule has 1 atom stereocenters. The van der Waals surface area contributed by atoms with Crippen molar-refractivity contribution in [3.63, 3.8) is 0 Å². The Morgan fingerprint density at radius 2 is 1.96 bits per heavy atom. The molecule has 1 unspecified atom stereocenters. The highest BCUT2D eigenvalue weighted by Gasteiger charge is 2.18. The fraction of sp³-hybridized carbons (Fsp3) is 0.176. The van der Waals surface area contributed by atoms with Crippen LogP contribution in [-0.4, -0.2) is 22.4 Å². The lowest BCUT2D eigenvalue weighted by molar-refractivity contribution is 0.686. The van der Waals surface area contributed by atoms with Crippen molar-refractivity contribution in [2.45, 2.75) is 22.6 Å². The Labute approximate surface area is 152 Å². The smallest absolute Gasteiger partial charge is 0.269 e. The number of nitrogens with two attached hydrogens (primary N) is 1. The van der Waals surface area contributed by atoms with Gasteiger partial charge < -0.3 is 16.4 Å². The zero-order valence-electron chi connectivity index (χ0n) is 13.4. The molecule has 0 amide bonds. The van der Waals surface area contributed by atoms with Crippen LogP contribution in [0.4, 0.5) is 11.4 Å². The minimum atomic E-state index is -1.57. The quantitative estimate of drug-likeness (QED) is 0.614. The van der Waals surface area contributed by atoms with Crippen molar-refractivity contribution in [3.8, 4) is 0 Å². The second-order valence-corrected chi connectivity index (χ2v) is 7.60. The van der Waals surface area contributed by atoms with Crippen molar-refractivity contribution in [2.24, 2.45) is 14.5 Å². The van der Waals surface area contributed by atoms with Gasteiger partial charge in [-0.05, 0) is 36.6 Å². The van der Waals surface area contributed by atoms with Gasteiger partial charge in [0.25, 0.3) is 11.2 Å². The normalized spacial score (nSPS) is 17.8. The largest absolute Gasteiger partial charge is 0.380 e. The van der Waals surface area contributed by atoms with E-state index in [1.54, 1.807) is 11.8 Å². The number of anilines is 2. The second kappa shape index (κ2) is 6.89. The van der Waals surface area contributed by atoms with E-state index in [1.165, 1.54) is 21.0 Å². The summed E-state index contributed by atoms with van der Waals surface area (Å²) in [6, 6.07) is 14.7. The van der Waals surface area contributed by atoms with E-state index < -0.39 is 11.2 Å². The Morgan fingerprint density at radius 3 is 2.80 bits per heavy atom. The molecule has 128 valence electrons. The molecule has 0 saturated heterocycles. The highest BCUT2D eigenvalue weighted by atomic mass is 32.2. The first-order valence-corrected chi connectivity index (χ1v) is 9.83. The average molecular weight is 371 g/mol. The molecule has 4 N–H and O–H groups in total. The molecule has 0 spiro atoms. The van der Waals surface area contributed by atoms with E-state index in [9.17, 15) is 4.21 Å². The SMILES string of the molecule is NC1=NS(=O)N=C1NCCCc1cccc2c1Nc1ccccc1S2. The second-order valence-electron chi connectivity index (χ2n) is 5.69. The lowest BCUT2D eigenvalue weighted by atomic mass is 10.1. The van der Waals surface area contributed by atoms with E-state index in [0.717, 1.165) is 18.5 Å². The van der Waals surface area contributed by atoms with Gasteiger partial charge in [-0.2, -0.15) is 0 Å². The van der Waals surface area contributed by atoms with Gasteiger partial charge in [0.2, 0.25) is 0 Å². The zero-order chi connectivity index (χ0) is 17.2. The minimum Gasteiger partial charge on any atom is -0.380 e. The maximum Gasteiger partial charge on any atom is 0.269 e. The van der Waals surface area contributed by atoms with Crippen LogP contribution in [0.25, 0.3) is 0 Å². The lowest BCUT2D eigenvalue weighted by Crippen LogP contribution is -2.35. The molecule has 0 bridgehead atoms. The van der Waals surface area contributed by atoms with Crippen LogP contribution in [0.15, 0.2) is 61.1 Å². The van der Waals surface area contributed by atoms with E-state index >= 15 is 0 Å². The fourth-order valence-electron chi connectivity index (χ4n) is 2.80. The van der Waals surface area contributed by atoms with Crippen molar-refractivity contribution in [1.29, 1.82) is 0 Å². The molecule has 2 aromatic rings. The number of aryl methyl sites for hydroxylation is 1. The molecular weight excluding hydrogens is 354 g/mol. The number of amidine groups is 2. The van der Waals surface area contributed by atoms with Gasteiger partial charge in [-0.15, -0.1) is 8.80 Å². The highest BCUT2D eigenvalue weighted by Crippen LogP contribution is 2.45. The van der Waals surface area contributed by atoms with E-state index in [1.807, 2.05) is 6.07 Å². The van der Waals surface area contributed by atoms with Gasteiger partial charge >= 0.3 is 0 Å². The van der Waals surface area contributed by atoms with Crippen LogP contribution in [0.5, 0.6) is 0 Å². The van der Waals surface area contributed by atoms with Crippen LogP contribution >= 0.6 is 11.8 Å². The topological polar surface area (TPSA) is 91.9 Å². The first kappa shape index (κ1) is 16.2.